The highest BCUT2D eigenvalue weighted by Gasteiger charge is 2.21. The number of carboxylic acid groups (broad SMARTS) is 1. The van der Waals surface area contributed by atoms with Gasteiger partial charge in [-0.15, -0.1) is 0 Å². The lowest BCUT2D eigenvalue weighted by Crippen LogP contribution is -2.14. The van der Waals surface area contributed by atoms with E-state index in [9.17, 15) is 4.79 Å². The summed E-state index contributed by atoms with van der Waals surface area (Å²) in [5.74, 6) is -0.872. The van der Waals surface area contributed by atoms with E-state index >= 15 is 0 Å². The lowest BCUT2D eigenvalue weighted by Gasteiger charge is -2.19. The van der Waals surface area contributed by atoms with Gasteiger partial charge >= 0.3 is 5.97 Å². The van der Waals surface area contributed by atoms with Crippen LogP contribution in [0.25, 0.3) is 10.9 Å². The number of hydrogen-bond acceptors (Lipinski definition) is 1. The Balaban J connectivity index is 1.95. The molecule has 3 nitrogen and oxygen atoms in total. The van der Waals surface area contributed by atoms with Gasteiger partial charge in [0, 0.05) is 27.6 Å². The van der Waals surface area contributed by atoms with Gasteiger partial charge in [0.2, 0.25) is 0 Å². The third-order valence-electron chi connectivity index (χ3n) is 4.52. The molecule has 0 saturated heterocycles. The number of nitrogens with one attached hydrogen (secondary N) is 1. The molecule has 0 unspecified atom stereocenters. The van der Waals surface area contributed by atoms with Crippen molar-refractivity contribution in [3.8, 4) is 0 Å². The van der Waals surface area contributed by atoms with Gasteiger partial charge in [0.25, 0.3) is 0 Å². The molecule has 0 saturated carbocycles. The van der Waals surface area contributed by atoms with Gasteiger partial charge in [0.1, 0.15) is 0 Å². The molecule has 0 aliphatic heterocycles. The van der Waals surface area contributed by atoms with Gasteiger partial charge in [-0.1, -0.05) is 58.4 Å². The molecule has 0 fully saturated rings. The first-order chi connectivity index (χ1) is 11.3. The first-order valence-electron chi connectivity index (χ1n) is 8.82. The first-order valence-corrected chi connectivity index (χ1v) is 8.82. The summed E-state index contributed by atoms with van der Waals surface area (Å²) >= 11 is 0. The van der Waals surface area contributed by atoms with Crippen LogP contribution in [0.15, 0.2) is 36.4 Å². The molecule has 0 radical (unpaired) electrons. The molecular weight excluding hydrogens is 298 g/mol. The number of aryl methyl sites for hydroxylation is 1. The van der Waals surface area contributed by atoms with Crippen molar-refractivity contribution in [3.63, 3.8) is 0 Å². The van der Waals surface area contributed by atoms with E-state index in [1.165, 1.54) is 22.2 Å². The number of aromatic amines is 1. The Morgan fingerprint density at radius 2 is 1.79 bits per heavy atom. The summed E-state index contributed by atoms with van der Waals surface area (Å²) in [4.78, 5) is 14.3. The molecule has 0 atom stereocenters. The number of rotatable bonds is 8. The second-order valence-electron chi connectivity index (χ2n) is 7.60. The van der Waals surface area contributed by atoms with Crippen molar-refractivity contribution < 1.29 is 9.90 Å². The summed E-state index contributed by atoms with van der Waals surface area (Å²) in [6, 6.07) is 8.52. The van der Waals surface area contributed by atoms with Crippen LogP contribution in [0.1, 0.15) is 64.1 Å². The number of hydrogen-bond donors (Lipinski definition) is 2. The van der Waals surface area contributed by atoms with Crippen molar-refractivity contribution in [2.45, 2.75) is 64.7 Å². The third kappa shape index (κ3) is 4.50. The molecule has 0 spiro atoms. The Kier molecular flexibility index (Phi) is 5.87. The zero-order valence-electron chi connectivity index (χ0n) is 15.1. The van der Waals surface area contributed by atoms with E-state index in [1.54, 1.807) is 0 Å². The molecule has 1 aromatic carbocycles. The number of unbranched alkanes of at least 4 members (excludes halogenated alkanes) is 3. The average Bonchev–Trinajstić information content (AvgIpc) is 2.89. The number of carboxylic acids is 1. The van der Waals surface area contributed by atoms with E-state index in [4.69, 9.17) is 5.11 Å². The van der Waals surface area contributed by atoms with Crippen LogP contribution in [0.3, 0.4) is 0 Å². The summed E-state index contributed by atoms with van der Waals surface area (Å²) in [6.45, 7) is 10.3. The zero-order valence-corrected chi connectivity index (χ0v) is 15.1. The highest BCUT2D eigenvalue weighted by molar-refractivity contribution is 5.85. The van der Waals surface area contributed by atoms with Gasteiger partial charge in [0.05, 0.1) is 0 Å². The predicted octanol–water partition coefficient (Wildman–Crippen LogP) is 5.60. The molecular formula is C21H29NO2. The van der Waals surface area contributed by atoms with Gasteiger partial charge < -0.3 is 10.1 Å². The largest absolute Gasteiger partial charge is 0.478 e. The van der Waals surface area contributed by atoms with Crippen LogP contribution in [0.4, 0.5) is 0 Å². The summed E-state index contributed by atoms with van der Waals surface area (Å²) in [5.41, 5.74) is 4.42. The third-order valence-corrected chi connectivity index (χ3v) is 4.52. The summed E-state index contributed by atoms with van der Waals surface area (Å²) in [7, 11) is 0. The van der Waals surface area contributed by atoms with Crippen molar-refractivity contribution in [2.75, 3.05) is 0 Å². The van der Waals surface area contributed by atoms with E-state index in [0.29, 0.717) is 12.0 Å². The maximum Gasteiger partial charge on any atom is 0.330 e. The Bertz CT molecular complexity index is 719. The van der Waals surface area contributed by atoms with E-state index in [1.807, 2.05) is 0 Å². The number of fused-ring (bicyclic) bond motifs is 1. The summed E-state index contributed by atoms with van der Waals surface area (Å²) < 4.78 is 0. The molecule has 0 bridgehead atoms. The van der Waals surface area contributed by atoms with Crippen molar-refractivity contribution in [3.05, 3.63) is 47.7 Å². The fraction of sp³-hybridized carbons (Fsp3) is 0.476. The summed E-state index contributed by atoms with van der Waals surface area (Å²) in [6.07, 6.45) is 5.87. The van der Waals surface area contributed by atoms with Crippen molar-refractivity contribution in [2.24, 2.45) is 0 Å². The molecule has 0 aliphatic rings. The van der Waals surface area contributed by atoms with Crippen LogP contribution in [0, 0.1) is 0 Å². The fourth-order valence-electron chi connectivity index (χ4n) is 3.20. The number of H-pyrrole nitrogens is 1. The average molecular weight is 327 g/mol. The van der Waals surface area contributed by atoms with Crippen LogP contribution in [-0.2, 0) is 16.6 Å². The highest BCUT2D eigenvalue weighted by atomic mass is 16.4. The van der Waals surface area contributed by atoms with Crippen molar-refractivity contribution >= 4 is 16.9 Å². The van der Waals surface area contributed by atoms with Crippen LogP contribution in [0.5, 0.6) is 0 Å². The topological polar surface area (TPSA) is 53.1 Å². The smallest absolute Gasteiger partial charge is 0.330 e. The number of aromatic nitrogens is 1. The maximum absolute atomic E-state index is 10.7. The van der Waals surface area contributed by atoms with Gasteiger partial charge in [-0.25, -0.2) is 4.79 Å². The van der Waals surface area contributed by atoms with Crippen LogP contribution in [0.2, 0.25) is 0 Å². The number of aliphatic carboxylic acids is 1. The minimum absolute atomic E-state index is 0.105. The summed E-state index contributed by atoms with van der Waals surface area (Å²) in [5, 5.41) is 10.1. The Morgan fingerprint density at radius 3 is 2.46 bits per heavy atom. The van der Waals surface area contributed by atoms with Crippen LogP contribution >= 0.6 is 0 Å². The van der Waals surface area contributed by atoms with Gasteiger partial charge in [-0.05, 0) is 37.3 Å². The SMILES string of the molecule is C=C(CCCCCCc1c(C(C)(C)C)[nH]c2ccccc12)C(=O)O. The normalized spacial score (nSPS) is 11.8. The number of para-hydroxylation sites is 1. The van der Waals surface area contributed by atoms with E-state index < -0.39 is 5.97 Å². The van der Waals surface area contributed by atoms with Crippen molar-refractivity contribution in [1.82, 2.24) is 4.98 Å². The van der Waals surface area contributed by atoms with Crippen LogP contribution in [-0.4, -0.2) is 16.1 Å². The minimum atomic E-state index is -0.872. The zero-order chi connectivity index (χ0) is 17.7. The maximum atomic E-state index is 10.7. The Hall–Kier alpha value is -2.03. The Morgan fingerprint density at radius 1 is 1.12 bits per heavy atom. The van der Waals surface area contributed by atoms with E-state index in [2.05, 4.69) is 56.6 Å². The second kappa shape index (κ2) is 7.69. The molecule has 1 aromatic heterocycles. The molecule has 2 aromatic rings. The molecule has 0 amide bonds. The number of benzene rings is 1. The lowest BCUT2D eigenvalue weighted by atomic mass is 9.87. The van der Waals surface area contributed by atoms with E-state index in [0.717, 1.165) is 32.1 Å². The van der Waals surface area contributed by atoms with E-state index in [-0.39, 0.29) is 5.41 Å². The van der Waals surface area contributed by atoms with Crippen LogP contribution < -0.4 is 0 Å². The Labute approximate surface area is 144 Å². The monoisotopic (exact) mass is 327 g/mol. The second-order valence-corrected chi connectivity index (χ2v) is 7.60. The first kappa shape index (κ1) is 18.3. The quantitative estimate of drug-likeness (QED) is 0.490. The fourth-order valence-corrected chi connectivity index (χ4v) is 3.20. The van der Waals surface area contributed by atoms with Crippen molar-refractivity contribution in [1.29, 1.82) is 0 Å². The molecule has 1 heterocycles. The standard InChI is InChI=1S/C21H29NO2/c1-15(20(23)24)11-7-5-6-8-13-17-16-12-9-10-14-18(16)22-19(17)21(2,3)4/h9-10,12,14,22H,1,5-8,11,13H2,2-4H3,(H,23,24). The minimum Gasteiger partial charge on any atom is -0.478 e. The van der Waals surface area contributed by atoms with Gasteiger partial charge in [-0.3, -0.25) is 0 Å². The number of carbonyl (C=O) groups is 1. The molecule has 2 N–H and O–H groups in total. The lowest BCUT2D eigenvalue weighted by molar-refractivity contribution is -0.132. The highest BCUT2D eigenvalue weighted by Crippen LogP contribution is 2.32. The molecule has 2 rings (SSSR count). The molecule has 24 heavy (non-hydrogen) atoms. The molecule has 130 valence electrons. The van der Waals surface area contributed by atoms with Gasteiger partial charge in [-0.2, -0.15) is 0 Å². The molecule has 0 aliphatic carbocycles. The van der Waals surface area contributed by atoms with Gasteiger partial charge in [0.15, 0.2) is 0 Å². The predicted molar refractivity (Wildman–Crippen MR) is 101 cm³/mol. The molecule has 3 heteroatoms.